The van der Waals surface area contributed by atoms with E-state index < -0.39 is 0 Å². The summed E-state index contributed by atoms with van der Waals surface area (Å²) in [5.74, 6) is 1.01. The summed E-state index contributed by atoms with van der Waals surface area (Å²) in [7, 11) is 4.19. The summed E-state index contributed by atoms with van der Waals surface area (Å²) >= 11 is 5.89. The first-order valence-corrected chi connectivity index (χ1v) is 7.08. The maximum Gasteiger partial charge on any atom is 0.128 e. The van der Waals surface area contributed by atoms with Crippen LogP contribution in [0.3, 0.4) is 0 Å². The average molecular weight is 290 g/mol. The molecular weight excluding hydrogens is 270 g/mol. The van der Waals surface area contributed by atoms with Crippen molar-refractivity contribution in [2.24, 2.45) is 0 Å². The Bertz CT molecular complexity index is 513. The van der Waals surface area contributed by atoms with E-state index in [4.69, 9.17) is 11.6 Å². The molecule has 0 unspecified atom stereocenters. The highest BCUT2D eigenvalue weighted by Crippen LogP contribution is 2.11. The predicted molar refractivity (Wildman–Crippen MR) is 85.3 cm³/mol. The topological polar surface area (TPSA) is 19.4 Å². The lowest BCUT2D eigenvalue weighted by Crippen LogP contribution is -2.30. The van der Waals surface area contributed by atoms with E-state index in [-0.39, 0.29) is 0 Å². The zero-order valence-electron chi connectivity index (χ0n) is 12.0. The van der Waals surface area contributed by atoms with Crippen molar-refractivity contribution in [2.75, 3.05) is 32.1 Å². The molecule has 0 spiro atoms. The first-order valence-electron chi connectivity index (χ1n) is 6.70. The number of hydrogen-bond donors (Lipinski definition) is 0. The van der Waals surface area contributed by atoms with Crippen LogP contribution in [-0.4, -0.2) is 37.1 Å². The molecule has 4 heteroatoms. The van der Waals surface area contributed by atoms with Gasteiger partial charge in [0, 0.05) is 37.9 Å². The van der Waals surface area contributed by atoms with Crippen molar-refractivity contribution in [2.45, 2.75) is 6.54 Å². The SMILES string of the molecule is CN(CCN(C)c1ccccn1)Cc1ccc(Cl)cc1. The molecule has 3 nitrogen and oxygen atoms in total. The van der Waals surface area contributed by atoms with Crippen LogP contribution in [-0.2, 0) is 6.54 Å². The van der Waals surface area contributed by atoms with E-state index in [1.165, 1.54) is 5.56 Å². The van der Waals surface area contributed by atoms with Gasteiger partial charge in [0.2, 0.25) is 0 Å². The maximum absolute atomic E-state index is 5.89. The Kier molecular flexibility index (Phi) is 5.39. The maximum atomic E-state index is 5.89. The molecule has 0 saturated carbocycles. The number of benzene rings is 1. The summed E-state index contributed by atoms with van der Waals surface area (Å²) in [6.45, 7) is 2.85. The van der Waals surface area contributed by atoms with Crippen LogP contribution in [0.15, 0.2) is 48.7 Å². The van der Waals surface area contributed by atoms with Gasteiger partial charge in [-0.25, -0.2) is 4.98 Å². The molecule has 0 bridgehead atoms. The van der Waals surface area contributed by atoms with Gasteiger partial charge >= 0.3 is 0 Å². The Morgan fingerprint density at radius 1 is 1.00 bits per heavy atom. The molecule has 0 atom stereocenters. The lowest BCUT2D eigenvalue weighted by Gasteiger charge is -2.22. The fourth-order valence-electron chi connectivity index (χ4n) is 2.00. The molecular formula is C16H20ClN3. The van der Waals surface area contributed by atoms with Crippen LogP contribution in [0.25, 0.3) is 0 Å². The van der Waals surface area contributed by atoms with Crippen LogP contribution in [0, 0.1) is 0 Å². The van der Waals surface area contributed by atoms with Crippen molar-refractivity contribution in [1.29, 1.82) is 0 Å². The molecule has 0 N–H and O–H groups in total. The smallest absolute Gasteiger partial charge is 0.128 e. The first-order chi connectivity index (χ1) is 9.65. The van der Waals surface area contributed by atoms with E-state index in [0.29, 0.717) is 0 Å². The summed E-state index contributed by atoms with van der Waals surface area (Å²) in [6.07, 6.45) is 1.82. The summed E-state index contributed by atoms with van der Waals surface area (Å²) in [6, 6.07) is 14.0. The molecule has 1 aromatic carbocycles. The minimum Gasteiger partial charge on any atom is -0.358 e. The number of aromatic nitrogens is 1. The Labute approximate surface area is 125 Å². The number of pyridine rings is 1. The van der Waals surface area contributed by atoms with Gasteiger partial charge in [-0.3, -0.25) is 0 Å². The molecule has 106 valence electrons. The quantitative estimate of drug-likeness (QED) is 0.813. The third kappa shape index (κ3) is 4.51. The van der Waals surface area contributed by atoms with Gasteiger partial charge in [0.1, 0.15) is 5.82 Å². The second kappa shape index (κ2) is 7.27. The largest absolute Gasteiger partial charge is 0.358 e. The molecule has 0 fully saturated rings. The highest BCUT2D eigenvalue weighted by atomic mass is 35.5. The van der Waals surface area contributed by atoms with Gasteiger partial charge in [0.05, 0.1) is 0 Å². The highest BCUT2D eigenvalue weighted by molar-refractivity contribution is 6.30. The fraction of sp³-hybridized carbons (Fsp3) is 0.312. The average Bonchev–Trinajstić information content (AvgIpc) is 2.48. The van der Waals surface area contributed by atoms with Crippen molar-refractivity contribution in [3.63, 3.8) is 0 Å². The van der Waals surface area contributed by atoms with Gasteiger partial charge < -0.3 is 9.80 Å². The second-order valence-corrected chi connectivity index (χ2v) is 5.41. The Morgan fingerprint density at radius 2 is 1.75 bits per heavy atom. The standard InChI is InChI=1S/C16H20ClN3/c1-19(13-14-6-8-15(17)9-7-14)11-12-20(2)16-5-3-4-10-18-16/h3-10H,11-13H2,1-2H3. The normalized spacial score (nSPS) is 10.8. The molecule has 0 amide bonds. The van der Waals surface area contributed by atoms with Gasteiger partial charge in [-0.15, -0.1) is 0 Å². The number of anilines is 1. The Hall–Kier alpha value is -1.58. The molecule has 0 aliphatic heterocycles. The second-order valence-electron chi connectivity index (χ2n) is 4.97. The summed E-state index contributed by atoms with van der Waals surface area (Å²) in [4.78, 5) is 8.80. The third-order valence-corrected chi connectivity index (χ3v) is 3.48. The molecule has 0 aliphatic carbocycles. The van der Waals surface area contributed by atoms with Crippen molar-refractivity contribution in [3.8, 4) is 0 Å². The van der Waals surface area contributed by atoms with E-state index in [0.717, 1.165) is 30.5 Å². The lowest BCUT2D eigenvalue weighted by atomic mass is 10.2. The van der Waals surface area contributed by atoms with E-state index in [2.05, 4.69) is 41.0 Å². The first kappa shape index (κ1) is 14.8. The number of hydrogen-bond acceptors (Lipinski definition) is 3. The third-order valence-electron chi connectivity index (χ3n) is 3.22. The molecule has 2 aromatic rings. The van der Waals surface area contributed by atoms with Crippen LogP contribution < -0.4 is 4.90 Å². The Morgan fingerprint density at radius 3 is 2.40 bits per heavy atom. The molecule has 1 heterocycles. The summed E-state index contributed by atoms with van der Waals surface area (Å²) in [5.41, 5.74) is 1.28. The number of nitrogens with zero attached hydrogens (tertiary/aromatic N) is 3. The summed E-state index contributed by atoms with van der Waals surface area (Å²) in [5, 5.41) is 0.784. The van der Waals surface area contributed by atoms with Crippen LogP contribution in [0.5, 0.6) is 0 Å². The number of halogens is 1. The van der Waals surface area contributed by atoms with Crippen molar-refractivity contribution >= 4 is 17.4 Å². The van der Waals surface area contributed by atoms with Gasteiger partial charge in [-0.2, -0.15) is 0 Å². The zero-order chi connectivity index (χ0) is 14.4. The molecule has 0 aliphatic rings. The molecule has 2 rings (SSSR count). The lowest BCUT2D eigenvalue weighted by molar-refractivity contribution is 0.334. The highest BCUT2D eigenvalue weighted by Gasteiger charge is 2.04. The van der Waals surface area contributed by atoms with Gasteiger partial charge in [-0.05, 0) is 36.9 Å². The van der Waals surface area contributed by atoms with Crippen LogP contribution in [0.2, 0.25) is 5.02 Å². The molecule has 0 radical (unpaired) electrons. The van der Waals surface area contributed by atoms with Gasteiger partial charge in [0.15, 0.2) is 0 Å². The fourth-order valence-corrected chi connectivity index (χ4v) is 2.12. The van der Waals surface area contributed by atoms with Crippen molar-refractivity contribution < 1.29 is 0 Å². The minimum atomic E-state index is 0.784. The van der Waals surface area contributed by atoms with Gasteiger partial charge in [-0.1, -0.05) is 29.8 Å². The van der Waals surface area contributed by atoms with Crippen molar-refractivity contribution in [1.82, 2.24) is 9.88 Å². The van der Waals surface area contributed by atoms with E-state index in [1.54, 1.807) is 0 Å². The Balaban J connectivity index is 1.80. The van der Waals surface area contributed by atoms with Crippen LogP contribution in [0.4, 0.5) is 5.82 Å². The zero-order valence-corrected chi connectivity index (χ0v) is 12.7. The van der Waals surface area contributed by atoms with Gasteiger partial charge in [0.25, 0.3) is 0 Å². The molecule has 0 saturated heterocycles. The number of rotatable bonds is 6. The number of likely N-dealkylation sites (N-methyl/N-ethyl adjacent to an activating group) is 2. The molecule has 20 heavy (non-hydrogen) atoms. The van der Waals surface area contributed by atoms with Crippen LogP contribution >= 0.6 is 11.6 Å². The minimum absolute atomic E-state index is 0.784. The van der Waals surface area contributed by atoms with E-state index >= 15 is 0 Å². The van der Waals surface area contributed by atoms with Crippen LogP contribution in [0.1, 0.15) is 5.56 Å². The van der Waals surface area contributed by atoms with E-state index in [9.17, 15) is 0 Å². The summed E-state index contributed by atoms with van der Waals surface area (Å²) < 4.78 is 0. The monoisotopic (exact) mass is 289 g/mol. The molecule has 1 aromatic heterocycles. The van der Waals surface area contributed by atoms with Crippen molar-refractivity contribution in [3.05, 3.63) is 59.2 Å². The van der Waals surface area contributed by atoms with E-state index in [1.807, 2.05) is 36.5 Å². The predicted octanol–water partition coefficient (Wildman–Crippen LogP) is 3.30.